The Bertz CT molecular complexity index is 855. The summed E-state index contributed by atoms with van der Waals surface area (Å²) < 4.78 is 2.47. The molecule has 0 radical (unpaired) electrons. The molecule has 24 heavy (non-hydrogen) atoms. The second-order valence-corrected chi connectivity index (χ2v) is 6.99. The maximum atomic E-state index is 12.1. The summed E-state index contributed by atoms with van der Waals surface area (Å²) in [5, 5.41) is 15.6. The number of nitrogens with zero attached hydrogens (tertiary/aromatic N) is 4. The number of amides is 1. The molecular weight excluding hydrogens is 414 g/mol. The Morgan fingerprint density at radius 1 is 1.25 bits per heavy atom. The largest absolute Gasteiger partial charge is 0.325 e. The molecule has 9 heteroatoms. The van der Waals surface area contributed by atoms with Gasteiger partial charge in [-0.3, -0.25) is 4.79 Å². The molecule has 0 aliphatic carbocycles. The summed E-state index contributed by atoms with van der Waals surface area (Å²) in [4.78, 5) is 12.1. The summed E-state index contributed by atoms with van der Waals surface area (Å²) in [5.74, 6) is 0.0595. The molecule has 0 fully saturated rings. The van der Waals surface area contributed by atoms with E-state index in [1.165, 1.54) is 11.8 Å². The average Bonchev–Trinajstić information content (AvgIpc) is 3.02. The predicted molar refractivity (Wildman–Crippen MR) is 97.7 cm³/mol. The maximum absolute atomic E-state index is 12.1. The Kier molecular flexibility index (Phi) is 5.49. The van der Waals surface area contributed by atoms with Gasteiger partial charge in [-0.1, -0.05) is 45.4 Å². The highest BCUT2D eigenvalue weighted by molar-refractivity contribution is 9.10. The first-order valence-corrected chi connectivity index (χ1v) is 9.00. The second-order valence-electron chi connectivity index (χ2n) is 4.70. The van der Waals surface area contributed by atoms with Crippen LogP contribution in [0.2, 0.25) is 5.02 Å². The first kappa shape index (κ1) is 16.9. The molecule has 0 spiro atoms. The molecule has 0 aliphatic rings. The lowest BCUT2D eigenvalue weighted by Crippen LogP contribution is -2.14. The monoisotopic (exact) mass is 423 g/mol. The lowest BCUT2D eigenvalue weighted by molar-refractivity contribution is -0.113. The van der Waals surface area contributed by atoms with Gasteiger partial charge in [-0.15, -0.1) is 5.10 Å². The van der Waals surface area contributed by atoms with Crippen LogP contribution in [0.5, 0.6) is 0 Å². The van der Waals surface area contributed by atoms with Gasteiger partial charge in [-0.25, -0.2) is 0 Å². The number of thioether (sulfide) groups is 1. The molecule has 3 aromatic rings. The molecule has 1 N–H and O–H groups in total. The van der Waals surface area contributed by atoms with Crippen LogP contribution in [0, 0.1) is 0 Å². The summed E-state index contributed by atoms with van der Waals surface area (Å²) in [6.45, 7) is 0. The van der Waals surface area contributed by atoms with E-state index >= 15 is 0 Å². The van der Waals surface area contributed by atoms with Gasteiger partial charge >= 0.3 is 0 Å². The van der Waals surface area contributed by atoms with E-state index in [4.69, 9.17) is 11.6 Å². The van der Waals surface area contributed by atoms with E-state index in [0.717, 1.165) is 15.8 Å². The minimum absolute atomic E-state index is 0.135. The number of hydrogen-bond donors (Lipinski definition) is 1. The predicted octanol–water partition coefficient (Wildman–Crippen LogP) is 3.81. The third-order valence-electron chi connectivity index (χ3n) is 2.95. The number of carbonyl (C=O) groups excluding carboxylic acids is 1. The van der Waals surface area contributed by atoms with Crippen molar-refractivity contribution in [3.8, 4) is 5.69 Å². The fourth-order valence-electron chi connectivity index (χ4n) is 1.91. The van der Waals surface area contributed by atoms with Crippen LogP contribution in [0.15, 0.2) is 58.2 Å². The van der Waals surface area contributed by atoms with Crippen LogP contribution in [-0.4, -0.2) is 31.9 Å². The molecule has 122 valence electrons. The van der Waals surface area contributed by atoms with Crippen molar-refractivity contribution in [1.29, 1.82) is 0 Å². The van der Waals surface area contributed by atoms with E-state index in [2.05, 4.69) is 36.8 Å². The number of carbonyl (C=O) groups is 1. The molecule has 0 saturated heterocycles. The van der Waals surface area contributed by atoms with Crippen molar-refractivity contribution in [1.82, 2.24) is 20.2 Å². The lowest BCUT2D eigenvalue weighted by Gasteiger charge is -2.06. The number of rotatable bonds is 5. The Labute approximate surface area is 155 Å². The number of benzene rings is 2. The number of tetrazole rings is 1. The van der Waals surface area contributed by atoms with Gasteiger partial charge in [0.05, 0.1) is 11.4 Å². The van der Waals surface area contributed by atoms with Crippen molar-refractivity contribution in [3.05, 3.63) is 58.0 Å². The van der Waals surface area contributed by atoms with Gasteiger partial charge < -0.3 is 5.32 Å². The van der Waals surface area contributed by atoms with Crippen LogP contribution in [0.4, 0.5) is 5.69 Å². The van der Waals surface area contributed by atoms with Crippen LogP contribution in [0.25, 0.3) is 5.69 Å². The minimum atomic E-state index is -0.135. The molecule has 1 heterocycles. The van der Waals surface area contributed by atoms with Crippen molar-refractivity contribution in [3.63, 3.8) is 0 Å². The summed E-state index contributed by atoms with van der Waals surface area (Å²) in [5.41, 5.74) is 1.51. The van der Waals surface area contributed by atoms with E-state index in [1.807, 2.05) is 36.4 Å². The van der Waals surface area contributed by atoms with E-state index in [1.54, 1.807) is 16.8 Å². The molecule has 0 saturated carbocycles. The zero-order valence-corrected chi connectivity index (χ0v) is 15.3. The third kappa shape index (κ3) is 4.34. The Morgan fingerprint density at radius 2 is 2.04 bits per heavy atom. The van der Waals surface area contributed by atoms with Crippen LogP contribution in [0.1, 0.15) is 0 Å². The highest BCUT2D eigenvalue weighted by Crippen LogP contribution is 2.20. The van der Waals surface area contributed by atoms with Gasteiger partial charge in [-0.05, 0) is 52.9 Å². The lowest BCUT2D eigenvalue weighted by atomic mass is 10.3. The van der Waals surface area contributed by atoms with Crippen molar-refractivity contribution in [2.24, 2.45) is 0 Å². The Hall–Kier alpha value is -1.90. The number of halogens is 2. The van der Waals surface area contributed by atoms with Gasteiger partial charge in [0.15, 0.2) is 0 Å². The van der Waals surface area contributed by atoms with Gasteiger partial charge in [0.2, 0.25) is 11.1 Å². The van der Waals surface area contributed by atoms with E-state index in [-0.39, 0.29) is 11.7 Å². The summed E-state index contributed by atoms with van der Waals surface area (Å²) in [7, 11) is 0. The molecule has 1 amide bonds. The summed E-state index contributed by atoms with van der Waals surface area (Å²) >= 11 is 10.5. The van der Waals surface area contributed by atoms with E-state index in [9.17, 15) is 4.79 Å². The molecule has 1 aromatic heterocycles. The zero-order valence-electron chi connectivity index (χ0n) is 12.2. The maximum Gasteiger partial charge on any atom is 0.234 e. The van der Waals surface area contributed by atoms with E-state index < -0.39 is 0 Å². The summed E-state index contributed by atoms with van der Waals surface area (Å²) in [6.07, 6.45) is 0. The second kappa shape index (κ2) is 7.78. The van der Waals surface area contributed by atoms with Gasteiger partial charge in [0.1, 0.15) is 0 Å². The molecule has 2 aromatic carbocycles. The fourth-order valence-corrected chi connectivity index (χ4v) is 3.12. The highest BCUT2D eigenvalue weighted by Gasteiger charge is 2.11. The van der Waals surface area contributed by atoms with Gasteiger partial charge in [0, 0.05) is 15.2 Å². The topological polar surface area (TPSA) is 72.7 Å². The Balaban J connectivity index is 1.64. The van der Waals surface area contributed by atoms with Crippen molar-refractivity contribution in [2.75, 3.05) is 11.1 Å². The Morgan fingerprint density at radius 3 is 2.79 bits per heavy atom. The molecule has 0 atom stereocenters. The molecule has 6 nitrogen and oxygen atoms in total. The summed E-state index contributed by atoms with van der Waals surface area (Å²) in [6, 6.07) is 14.5. The van der Waals surface area contributed by atoms with Gasteiger partial charge in [-0.2, -0.15) is 4.68 Å². The first-order chi connectivity index (χ1) is 11.6. The van der Waals surface area contributed by atoms with Gasteiger partial charge in [0.25, 0.3) is 0 Å². The average molecular weight is 425 g/mol. The third-order valence-corrected chi connectivity index (χ3v) is 4.62. The van der Waals surface area contributed by atoms with Crippen molar-refractivity contribution < 1.29 is 4.79 Å². The standard InChI is InChI=1S/C15H11BrClN5OS/c16-10-2-1-3-12(8-10)18-14(23)9-24-15-19-20-21-22(15)13-6-4-11(17)5-7-13/h1-8H,9H2,(H,18,23). The van der Waals surface area contributed by atoms with Crippen molar-refractivity contribution in [2.45, 2.75) is 5.16 Å². The SMILES string of the molecule is O=C(CSc1nnnn1-c1ccc(Cl)cc1)Nc1cccc(Br)c1. The van der Waals surface area contributed by atoms with Crippen LogP contribution >= 0.6 is 39.3 Å². The normalized spacial score (nSPS) is 10.6. The molecule has 3 rings (SSSR count). The molecule has 0 unspecified atom stereocenters. The van der Waals surface area contributed by atoms with Crippen LogP contribution < -0.4 is 5.32 Å². The minimum Gasteiger partial charge on any atom is -0.325 e. The highest BCUT2D eigenvalue weighted by atomic mass is 79.9. The molecular formula is C15H11BrClN5OS. The molecule has 0 aliphatic heterocycles. The molecule has 0 bridgehead atoms. The van der Waals surface area contributed by atoms with Crippen LogP contribution in [0.3, 0.4) is 0 Å². The van der Waals surface area contributed by atoms with E-state index in [0.29, 0.717) is 10.2 Å². The van der Waals surface area contributed by atoms with Crippen molar-refractivity contribution >= 4 is 50.9 Å². The fraction of sp³-hybridized carbons (Fsp3) is 0.0667. The number of nitrogens with one attached hydrogen (secondary N) is 1. The number of anilines is 1. The number of hydrogen-bond acceptors (Lipinski definition) is 5. The van der Waals surface area contributed by atoms with Crippen LogP contribution in [-0.2, 0) is 4.79 Å². The zero-order chi connectivity index (χ0) is 16.9. The number of aromatic nitrogens is 4. The smallest absolute Gasteiger partial charge is 0.234 e. The quantitative estimate of drug-likeness (QED) is 0.631. The first-order valence-electron chi connectivity index (χ1n) is 6.84.